The van der Waals surface area contributed by atoms with Gasteiger partial charge in [-0.1, -0.05) is 52.5 Å². The largest absolute Gasteiger partial charge is 0.493 e. The van der Waals surface area contributed by atoms with Gasteiger partial charge in [0.15, 0.2) is 18.1 Å². The first kappa shape index (κ1) is 23.1. The van der Waals surface area contributed by atoms with Crippen LogP contribution in [0.3, 0.4) is 0 Å². The van der Waals surface area contributed by atoms with Crippen molar-refractivity contribution in [2.24, 2.45) is 0 Å². The number of amides is 1. The van der Waals surface area contributed by atoms with Crippen LogP contribution in [0.1, 0.15) is 11.1 Å². The van der Waals surface area contributed by atoms with E-state index >= 15 is 0 Å². The van der Waals surface area contributed by atoms with Crippen molar-refractivity contribution in [1.29, 1.82) is 0 Å². The highest BCUT2D eigenvalue weighted by Crippen LogP contribution is 2.34. The van der Waals surface area contributed by atoms with Gasteiger partial charge in [0.1, 0.15) is 0 Å². The lowest BCUT2D eigenvalue weighted by Crippen LogP contribution is -2.20. The van der Waals surface area contributed by atoms with Crippen LogP contribution in [0.15, 0.2) is 54.6 Å². The molecule has 0 unspecified atom stereocenters. The predicted octanol–water partition coefficient (Wildman–Crippen LogP) is 6.59. The Balaban J connectivity index is 1.63. The third-order valence-corrected chi connectivity index (χ3v) is 5.52. The van der Waals surface area contributed by atoms with E-state index in [9.17, 15) is 4.79 Å². The summed E-state index contributed by atoms with van der Waals surface area (Å²) in [5.74, 6) is 0.565. The molecule has 0 heterocycles. The molecule has 0 bridgehead atoms. The van der Waals surface area contributed by atoms with Crippen molar-refractivity contribution in [1.82, 2.24) is 0 Å². The summed E-state index contributed by atoms with van der Waals surface area (Å²) in [6, 6.07) is 16.2. The average molecular weight is 480 g/mol. The van der Waals surface area contributed by atoms with Crippen molar-refractivity contribution in [3.8, 4) is 11.5 Å². The van der Waals surface area contributed by atoms with Crippen LogP contribution in [0.25, 0.3) is 0 Å². The number of rotatable bonds is 8. The molecule has 0 aliphatic rings. The predicted molar refractivity (Wildman–Crippen MR) is 127 cm³/mol. The maximum atomic E-state index is 12.2. The van der Waals surface area contributed by atoms with E-state index in [0.29, 0.717) is 38.8 Å². The van der Waals surface area contributed by atoms with Gasteiger partial charge in [-0.15, -0.1) is 0 Å². The number of hydrogen-bond donors (Lipinski definition) is 2. The maximum Gasteiger partial charge on any atom is 0.262 e. The van der Waals surface area contributed by atoms with Gasteiger partial charge in [-0.25, -0.2) is 0 Å². The molecule has 0 aromatic heterocycles. The minimum absolute atomic E-state index is 0.179. The Morgan fingerprint density at radius 1 is 0.871 bits per heavy atom. The van der Waals surface area contributed by atoms with Crippen LogP contribution in [-0.2, 0) is 11.3 Å². The molecule has 0 atom stereocenters. The molecule has 1 amide bonds. The molecule has 0 spiro atoms. The van der Waals surface area contributed by atoms with Crippen LogP contribution in [0.2, 0.25) is 15.1 Å². The molecule has 0 saturated heterocycles. The van der Waals surface area contributed by atoms with Crippen molar-refractivity contribution >= 4 is 52.1 Å². The molecule has 5 nitrogen and oxygen atoms in total. The van der Waals surface area contributed by atoms with Gasteiger partial charge in [-0.3, -0.25) is 4.79 Å². The molecule has 2 N–H and O–H groups in total. The zero-order valence-electron chi connectivity index (χ0n) is 17.0. The summed E-state index contributed by atoms with van der Waals surface area (Å²) in [7, 11) is 1.53. The van der Waals surface area contributed by atoms with Crippen LogP contribution in [0.5, 0.6) is 11.5 Å². The van der Waals surface area contributed by atoms with E-state index in [2.05, 4.69) is 10.6 Å². The fraction of sp³-hybridized carbons (Fsp3) is 0.174. The van der Waals surface area contributed by atoms with Gasteiger partial charge >= 0.3 is 0 Å². The topological polar surface area (TPSA) is 59.6 Å². The van der Waals surface area contributed by atoms with Crippen molar-refractivity contribution in [3.05, 3.63) is 80.8 Å². The molecule has 0 aliphatic heterocycles. The first-order valence-corrected chi connectivity index (χ1v) is 10.5. The smallest absolute Gasteiger partial charge is 0.262 e. The molecule has 162 valence electrons. The highest BCUT2D eigenvalue weighted by molar-refractivity contribution is 6.42. The van der Waals surface area contributed by atoms with E-state index in [1.807, 2.05) is 37.3 Å². The van der Waals surface area contributed by atoms with Gasteiger partial charge < -0.3 is 20.1 Å². The molecule has 3 aromatic carbocycles. The summed E-state index contributed by atoms with van der Waals surface area (Å²) >= 11 is 18.4. The van der Waals surface area contributed by atoms with Crippen LogP contribution in [-0.4, -0.2) is 19.6 Å². The van der Waals surface area contributed by atoms with Crippen LogP contribution in [0, 0.1) is 6.92 Å². The molecule has 0 fully saturated rings. The normalized spacial score (nSPS) is 10.5. The zero-order valence-corrected chi connectivity index (χ0v) is 19.2. The number of aryl methyl sites for hydroxylation is 1. The fourth-order valence-corrected chi connectivity index (χ4v) is 3.28. The molecule has 3 aromatic rings. The number of ether oxygens (including phenoxy) is 2. The second-order valence-electron chi connectivity index (χ2n) is 6.78. The van der Waals surface area contributed by atoms with E-state index in [1.165, 1.54) is 7.11 Å². The number of benzene rings is 3. The van der Waals surface area contributed by atoms with E-state index in [4.69, 9.17) is 44.3 Å². The van der Waals surface area contributed by atoms with Gasteiger partial charge in [0.2, 0.25) is 0 Å². The SMILES string of the molecule is COc1cc(CNc2ccc(Cl)c(Cl)c2)c(Cl)cc1OCC(=O)Nc1ccc(C)cc1. The summed E-state index contributed by atoms with van der Waals surface area (Å²) in [5.41, 5.74) is 3.41. The number of hydrogen-bond acceptors (Lipinski definition) is 4. The number of nitrogens with one attached hydrogen (secondary N) is 2. The number of halogens is 3. The van der Waals surface area contributed by atoms with Crippen molar-refractivity contribution < 1.29 is 14.3 Å². The summed E-state index contributed by atoms with van der Waals surface area (Å²) in [5, 5.41) is 7.44. The highest BCUT2D eigenvalue weighted by atomic mass is 35.5. The summed E-state index contributed by atoms with van der Waals surface area (Å²) in [6.07, 6.45) is 0. The molecule has 31 heavy (non-hydrogen) atoms. The Hall–Kier alpha value is -2.60. The van der Waals surface area contributed by atoms with Crippen molar-refractivity contribution in [2.45, 2.75) is 13.5 Å². The average Bonchev–Trinajstić information content (AvgIpc) is 2.75. The lowest BCUT2D eigenvalue weighted by atomic mass is 10.2. The third-order valence-electron chi connectivity index (χ3n) is 4.43. The Labute approximate surface area is 196 Å². The van der Waals surface area contributed by atoms with E-state index in [1.54, 1.807) is 24.3 Å². The van der Waals surface area contributed by atoms with Crippen molar-refractivity contribution in [2.75, 3.05) is 24.4 Å². The molecule has 8 heteroatoms. The lowest BCUT2D eigenvalue weighted by molar-refractivity contribution is -0.118. The summed E-state index contributed by atoms with van der Waals surface area (Å²) in [4.78, 5) is 12.2. The van der Waals surface area contributed by atoms with Crippen molar-refractivity contribution in [3.63, 3.8) is 0 Å². The van der Waals surface area contributed by atoms with E-state index in [-0.39, 0.29) is 12.5 Å². The third kappa shape index (κ3) is 6.44. The minimum Gasteiger partial charge on any atom is -0.493 e. The number of carbonyl (C=O) groups is 1. The van der Waals surface area contributed by atoms with Gasteiger partial charge in [0, 0.05) is 29.0 Å². The van der Waals surface area contributed by atoms with E-state index < -0.39 is 0 Å². The molecule has 0 saturated carbocycles. The van der Waals surface area contributed by atoms with Gasteiger partial charge in [0.05, 0.1) is 17.2 Å². The van der Waals surface area contributed by atoms with Crippen LogP contribution in [0.4, 0.5) is 11.4 Å². The Morgan fingerprint density at radius 3 is 2.26 bits per heavy atom. The maximum absolute atomic E-state index is 12.2. The van der Waals surface area contributed by atoms with Gasteiger partial charge in [0.25, 0.3) is 5.91 Å². The highest BCUT2D eigenvalue weighted by Gasteiger charge is 2.13. The first-order chi connectivity index (χ1) is 14.9. The molecule has 0 radical (unpaired) electrons. The quantitative estimate of drug-likeness (QED) is 0.382. The number of methoxy groups -OCH3 is 1. The Kier molecular flexibility index (Phi) is 7.91. The minimum atomic E-state index is -0.285. The standard InChI is InChI=1S/C23H21Cl3N2O3/c1-14-3-5-16(6-4-14)28-23(29)13-31-22-11-19(25)15(9-21(22)30-2)12-27-17-7-8-18(24)20(26)10-17/h3-11,27H,12-13H2,1-2H3,(H,28,29). The number of carbonyl (C=O) groups excluding carboxylic acids is 1. The Bertz CT molecular complexity index is 1070. The van der Waals surface area contributed by atoms with Gasteiger partial charge in [-0.05, 0) is 48.9 Å². The monoisotopic (exact) mass is 478 g/mol. The Morgan fingerprint density at radius 2 is 1.58 bits per heavy atom. The second kappa shape index (κ2) is 10.6. The molecular weight excluding hydrogens is 459 g/mol. The van der Waals surface area contributed by atoms with Crippen LogP contribution >= 0.6 is 34.8 Å². The van der Waals surface area contributed by atoms with Gasteiger partial charge in [-0.2, -0.15) is 0 Å². The summed E-state index contributed by atoms with van der Waals surface area (Å²) < 4.78 is 11.0. The first-order valence-electron chi connectivity index (χ1n) is 9.40. The fourth-order valence-electron chi connectivity index (χ4n) is 2.77. The number of anilines is 2. The second-order valence-corrected chi connectivity index (χ2v) is 8.00. The molecular formula is C23H21Cl3N2O3. The lowest BCUT2D eigenvalue weighted by Gasteiger charge is -2.15. The summed E-state index contributed by atoms with van der Waals surface area (Å²) in [6.45, 7) is 2.23. The molecule has 0 aliphatic carbocycles. The zero-order chi connectivity index (χ0) is 22.4. The molecule has 3 rings (SSSR count). The van der Waals surface area contributed by atoms with E-state index in [0.717, 1.165) is 16.8 Å². The van der Waals surface area contributed by atoms with Crippen LogP contribution < -0.4 is 20.1 Å².